The van der Waals surface area contributed by atoms with Gasteiger partial charge in [0, 0.05) is 23.7 Å². The Morgan fingerprint density at radius 1 is 1.12 bits per heavy atom. The van der Waals surface area contributed by atoms with Crippen LogP contribution in [0.3, 0.4) is 0 Å². The maximum absolute atomic E-state index is 12.7. The van der Waals surface area contributed by atoms with E-state index in [1.807, 2.05) is 55.5 Å². The summed E-state index contributed by atoms with van der Waals surface area (Å²) in [7, 11) is 0. The van der Waals surface area contributed by atoms with E-state index >= 15 is 0 Å². The van der Waals surface area contributed by atoms with Gasteiger partial charge in [-0.05, 0) is 69.2 Å². The number of benzene rings is 2. The highest BCUT2D eigenvalue weighted by atomic mass is 32.1. The summed E-state index contributed by atoms with van der Waals surface area (Å²) in [6, 6.07) is 15.8. The predicted octanol–water partition coefficient (Wildman–Crippen LogP) is 3.29. The lowest BCUT2D eigenvalue weighted by Gasteiger charge is -2.30. The number of nitrogens with zero attached hydrogens (tertiary/aromatic N) is 3. The number of nitrogens with one attached hydrogen (secondary N) is 2. The summed E-state index contributed by atoms with van der Waals surface area (Å²) < 4.78 is 2.10. The predicted molar refractivity (Wildman–Crippen MR) is 135 cm³/mol. The Bertz CT molecular complexity index is 1190. The van der Waals surface area contributed by atoms with Crippen molar-refractivity contribution in [3.63, 3.8) is 0 Å². The Hall–Kier alpha value is -3.30. The standard InChI is InChI=1S/C25H30N6O2S/c1-17-2-6-20(7-3-17)24-28-29-25(34)31(24)16-22(32)27-21-8-4-18(5-9-21)10-13-30-14-11-19(12-15-30)23(26)33/h2-9,19H,10-16H2,1H3,(H2,26,33)(H,27,32)(H,29,34). The first-order valence-electron chi connectivity index (χ1n) is 11.5. The topological polar surface area (TPSA) is 109 Å². The van der Waals surface area contributed by atoms with Gasteiger partial charge in [0.1, 0.15) is 6.54 Å². The van der Waals surface area contributed by atoms with Crippen LogP contribution < -0.4 is 11.1 Å². The number of nitrogens with two attached hydrogens (primary N) is 1. The first kappa shape index (κ1) is 23.8. The SMILES string of the molecule is Cc1ccc(-c2n[nH]c(=S)n2CC(=O)Nc2ccc(CCN3CCC(C(N)=O)CC3)cc2)cc1. The summed E-state index contributed by atoms with van der Waals surface area (Å²) in [6.07, 6.45) is 2.60. The van der Waals surface area contributed by atoms with Crippen LogP contribution in [0.4, 0.5) is 5.69 Å². The lowest BCUT2D eigenvalue weighted by Crippen LogP contribution is -2.39. The number of aromatic amines is 1. The molecule has 1 aromatic heterocycles. The molecule has 0 bridgehead atoms. The van der Waals surface area contributed by atoms with Gasteiger partial charge in [0.15, 0.2) is 10.6 Å². The average Bonchev–Trinajstić information content (AvgIpc) is 3.19. The molecular weight excluding hydrogens is 448 g/mol. The number of hydrogen-bond acceptors (Lipinski definition) is 5. The normalized spacial score (nSPS) is 14.7. The van der Waals surface area contributed by atoms with E-state index in [1.54, 1.807) is 4.57 Å². The number of aryl methyl sites for hydroxylation is 1. The second kappa shape index (κ2) is 10.8. The highest BCUT2D eigenvalue weighted by Crippen LogP contribution is 2.19. The van der Waals surface area contributed by atoms with Gasteiger partial charge in [-0.15, -0.1) is 0 Å². The number of amides is 2. The summed E-state index contributed by atoms with van der Waals surface area (Å²) in [5.74, 6) is 0.300. The summed E-state index contributed by atoms with van der Waals surface area (Å²) in [4.78, 5) is 26.4. The maximum Gasteiger partial charge on any atom is 0.244 e. The van der Waals surface area contributed by atoms with E-state index in [0.717, 1.165) is 55.7 Å². The zero-order valence-corrected chi connectivity index (χ0v) is 20.1. The molecular formula is C25H30N6O2S. The molecule has 2 amide bonds. The molecule has 1 aliphatic rings. The fourth-order valence-electron chi connectivity index (χ4n) is 4.21. The van der Waals surface area contributed by atoms with Crippen molar-refractivity contribution < 1.29 is 9.59 Å². The van der Waals surface area contributed by atoms with Gasteiger partial charge in [-0.2, -0.15) is 5.10 Å². The van der Waals surface area contributed by atoms with Crippen molar-refractivity contribution >= 4 is 29.7 Å². The fourth-order valence-corrected chi connectivity index (χ4v) is 4.41. The minimum Gasteiger partial charge on any atom is -0.369 e. The molecule has 4 N–H and O–H groups in total. The molecule has 0 atom stereocenters. The van der Waals surface area contributed by atoms with E-state index in [1.165, 1.54) is 5.56 Å². The second-order valence-electron chi connectivity index (χ2n) is 8.82. The molecule has 2 heterocycles. The minimum atomic E-state index is -0.182. The summed E-state index contributed by atoms with van der Waals surface area (Å²) in [5, 5.41) is 10.0. The van der Waals surface area contributed by atoms with Crippen molar-refractivity contribution in [3.8, 4) is 11.4 Å². The van der Waals surface area contributed by atoms with E-state index in [9.17, 15) is 9.59 Å². The largest absolute Gasteiger partial charge is 0.369 e. The highest BCUT2D eigenvalue weighted by molar-refractivity contribution is 7.71. The van der Waals surface area contributed by atoms with E-state index in [4.69, 9.17) is 18.0 Å². The first-order chi connectivity index (χ1) is 16.4. The van der Waals surface area contributed by atoms with Crippen LogP contribution in [0.15, 0.2) is 48.5 Å². The summed E-state index contributed by atoms with van der Waals surface area (Å²) in [6.45, 7) is 4.85. The Morgan fingerprint density at radius 2 is 1.79 bits per heavy atom. The number of carbonyl (C=O) groups is 2. The average molecular weight is 479 g/mol. The molecule has 8 nitrogen and oxygen atoms in total. The van der Waals surface area contributed by atoms with Crippen LogP contribution in [0.25, 0.3) is 11.4 Å². The van der Waals surface area contributed by atoms with Gasteiger partial charge >= 0.3 is 0 Å². The zero-order valence-electron chi connectivity index (χ0n) is 19.3. The third-order valence-corrected chi connectivity index (χ3v) is 6.63. The lowest BCUT2D eigenvalue weighted by molar-refractivity contribution is -0.123. The van der Waals surface area contributed by atoms with E-state index in [-0.39, 0.29) is 24.3 Å². The molecule has 4 rings (SSSR count). The van der Waals surface area contributed by atoms with E-state index < -0.39 is 0 Å². The number of piperidine rings is 1. The van der Waals surface area contributed by atoms with Gasteiger partial charge in [0.25, 0.3) is 0 Å². The Morgan fingerprint density at radius 3 is 2.44 bits per heavy atom. The van der Waals surface area contributed by atoms with Gasteiger partial charge in [-0.1, -0.05) is 42.0 Å². The van der Waals surface area contributed by atoms with Crippen LogP contribution in [0.2, 0.25) is 0 Å². The number of anilines is 1. The zero-order chi connectivity index (χ0) is 24.1. The molecule has 0 unspecified atom stereocenters. The van der Waals surface area contributed by atoms with Gasteiger partial charge in [-0.25, -0.2) is 0 Å². The number of primary amides is 1. The molecule has 0 saturated carbocycles. The van der Waals surface area contributed by atoms with Crippen molar-refractivity contribution in [2.45, 2.75) is 32.7 Å². The number of rotatable bonds is 8. The molecule has 0 spiro atoms. The van der Waals surface area contributed by atoms with E-state index in [2.05, 4.69) is 20.4 Å². The maximum atomic E-state index is 12.7. The number of carbonyl (C=O) groups excluding carboxylic acids is 2. The van der Waals surface area contributed by atoms with Crippen molar-refractivity contribution in [1.29, 1.82) is 0 Å². The number of likely N-dealkylation sites (tertiary alicyclic amines) is 1. The Balaban J connectivity index is 1.30. The monoisotopic (exact) mass is 478 g/mol. The summed E-state index contributed by atoms with van der Waals surface area (Å²) in [5.41, 5.74) is 9.40. The van der Waals surface area contributed by atoms with Crippen LogP contribution in [0.5, 0.6) is 0 Å². The van der Waals surface area contributed by atoms with Crippen molar-refractivity contribution in [2.24, 2.45) is 11.7 Å². The molecule has 0 radical (unpaired) electrons. The molecule has 178 valence electrons. The Labute approximate surface area is 204 Å². The molecule has 34 heavy (non-hydrogen) atoms. The van der Waals surface area contributed by atoms with Gasteiger partial charge in [0.05, 0.1) is 0 Å². The lowest BCUT2D eigenvalue weighted by atomic mass is 9.96. The second-order valence-corrected chi connectivity index (χ2v) is 9.20. The van der Waals surface area contributed by atoms with Crippen LogP contribution in [-0.2, 0) is 22.6 Å². The van der Waals surface area contributed by atoms with Gasteiger partial charge < -0.3 is 16.0 Å². The van der Waals surface area contributed by atoms with Crippen molar-refractivity contribution in [1.82, 2.24) is 19.7 Å². The fraction of sp³-hybridized carbons (Fsp3) is 0.360. The quantitative estimate of drug-likeness (QED) is 0.431. The number of hydrogen-bond donors (Lipinski definition) is 3. The van der Waals surface area contributed by atoms with Crippen LogP contribution >= 0.6 is 12.2 Å². The third-order valence-electron chi connectivity index (χ3n) is 6.31. The Kier molecular flexibility index (Phi) is 7.54. The number of H-pyrrole nitrogens is 1. The molecule has 2 aromatic carbocycles. The molecule has 1 aliphatic heterocycles. The number of aromatic nitrogens is 3. The van der Waals surface area contributed by atoms with Crippen LogP contribution in [-0.4, -0.2) is 51.1 Å². The first-order valence-corrected chi connectivity index (χ1v) is 11.9. The van der Waals surface area contributed by atoms with Gasteiger partial charge in [0.2, 0.25) is 11.8 Å². The molecule has 3 aromatic rings. The molecule has 1 fully saturated rings. The highest BCUT2D eigenvalue weighted by Gasteiger charge is 2.22. The molecule has 1 saturated heterocycles. The molecule has 9 heteroatoms. The minimum absolute atomic E-state index is 0.0177. The van der Waals surface area contributed by atoms with Crippen molar-refractivity contribution in [2.75, 3.05) is 25.0 Å². The van der Waals surface area contributed by atoms with E-state index in [0.29, 0.717) is 10.6 Å². The third kappa shape index (κ3) is 5.98. The summed E-state index contributed by atoms with van der Waals surface area (Å²) >= 11 is 5.34. The van der Waals surface area contributed by atoms with Crippen LogP contribution in [0, 0.1) is 17.6 Å². The smallest absolute Gasteiger partial charge is 0.244 e. The molecule has 0 aliphatic carbocycles. The van der Waals surface area contributed by atoms with Crippen molar-refractivity contribution in [3.05, 3.63) is 64.4 Å². The van der Waals surface area contributed by atoms with Gasteiger partial charge in [-0.3, -0.25) is 19.3 Å². The van der Waals surface area contributed by atoms with Crippen LogP contribution in [0.1, 0.15) is 24.0 Å².